The maximum Gasteiger partial charge on any atom is 0.404 e. The van der Waals surface area contributed by atoms with Crippen molar-refractivity contribution in [3.05, 3.63) is 23.6 Å². The predicted molar refractivity (Wildman–Crippen MR) is 99.5 cm³/mol. The summed E-state index contributed by atoms with van der Waals surface area (Å²) in [4.78, 5) is 17.1. The van der Waals surface area contributed by atoms with Gasteiger partial charge in [-0.05, 0) is 40.2 Å². The molecule has 0 aliphatic carbocycles. The number of rotatable bonds is 6. The van der Waals surface area contributed by atoms with Crippen molar-refractivity contribution in [2.45, 2.75) is 44.9 Å². The molecule has 3 N–H and O–H groups in total. The fourth-order valence-corrected chi connectivity index (χ4v) is 3.59. The van der Waals surface area contributed by atoms with E-state index in [1.807, 2.05) is 32.6 Å². The Labute approximate surface area is 156 Å². The van der Waals surface area contributed by atoms with Crippen LogP contribution in [-0.4, -0.2) is 40.1 Å². The second kappa shape index (κ2) is 8.41. The van der Waals surface area contributed by atoms with Crippen molar-refractivity contribution < 1.29 is 18.5 Å². The molecule has 7 nitrogen and oxygen atoms in total. The van der Waals surface area contributed by atoms with E-state index in [1.54, 1.807) is 0 Å². The molecule has 3 atom stereocenters. The molecule has 1 fully saturated rings. The van der Waals surface area contributed by atoms with E-state index in [2.05, 4.69) is 9.71 Å². The lowest BCUT2D eigenvalue weighted by atomic mass is 10.1. The highest BCUT2D eigenvalue weighted by Crippen LogP contribution is 2.30. The summed E-state index contributed by atoms with van der Waals surface area (Å²) in [7, 11) is 0. The molecule has 2 heterocycles. The van der Waals surface area contributed by atoms with Crippen LogP contribution in [0.5, 0.6) is 0 Å². The first-order valence-electron chi connectivity index (χ1n) is 8.58. The van der Waals surface area contributed by atoms with Crippen LogP contribution in [0.2, 0.25) is 0 Å². The van der Waals surface area contributed by atoms with E-state index in [0.29, 0.717) is 24.5 Å². The van der Waals surface area contributed by atoms with E-state index < -0.39 is 28.0 Å². The van der Waals surface area contributed by atoms with E-state index in [1.165, 1.54) is 12.3 Å². The van der Waals surface area contributed by atoms with Gasteiger partial charge in [0.15, 0.2) is 0 Å². The third-order valence-corrected chi connectivity index (χ3v) is 5.89. The van der Waals surface area contributed by atoms with Crippen LogP contribution < -0.4 is 15.4 Å². The molecule has 0 aromatic carbocycles. The Morgan fingerprint density at radius 1 is 1.62 bits per heavy atom. The first-order valence-corrected chi connectivity index (χ1v) is 9.73. The zero-order chi connectivity index (χ0) is 19.5. The SMILES string of the molecule is CC(N[S+]([O-])C(C)(C)C)c1cc(F)cnc1N1CCC(COC(N)=O)C1. The fourth-order valence-electron chi connectivity index (χ4n) is 2.79. The summed E-state index contributed by atoms with van der Waals surface area (Å²) in [5, 5.41) is 0. The average Bonchev–Trinajstić information content (AvgIpc) is 3.00. The first-order chi connectivity index (χ1) is 12.1. The second-order valence-electron chi connectivity index (χ2n) is 7.52. The number of ether oxygens (including phenoxy) is 1. The Kier molecular flexibility index (Phi) is 6.70. The molecule has 0 radical (unpaired) electrons. The van der Waals surface area contributed by atoms with Gasteiger partial charge in [-0.2, -0.15) is 0 Å². The maximum atomic E-state index is 13.8. The van der Waals surface area contributed by atoms with Gasteiger partial charge in [-0.3, -0.25) is 0 Å². The lowest BCUT2D eigenvalue weighted by Gasteiger charge is -2.28. The van der Waals surface area contributed by atoms with Gasteiger partial charge < -0.3 is 19.9 Å². The molecule has 26 heavy (non-hydrogen) atoms. The molecule has 146 valence electrons. The molecular weight excluding hydrogens is 359 g/mol. The van der Waals surface area contributed by atoms with Gasteiger partial charge in [0.2, 0.25) is 0 Å². The molecule has 1 aromatic heterocycles. The monoisotopic (exact) mass is 386 g/mol. The van der Waals surface area contributed by atoms with Gasteiger partial charge in [0, 0.05) is 35.9 Å². The molecule has 9 heteroatoms. The Hall–Kier alpha value is -1.58. The number of nitrogens with two attached hydrogens (primary N) is 1. The Balaban J connectivity index is 2.14. The van der Waals surface area contributed by atoms with Crippen LogP contribution >= 0.6 is 0 Å². The minimum Gasteiger partial charge on any atom is -0.598 e. The van der Waals surface area contributed by atoms with Gasteiger partial charge in [-0.15, -0.1) is 4.72 Å². The molecule has 1 aromatic rings. The lowest BCUT2D eigenvalue weighted by Crippen LogP contribution is -2.41. The van der Waals surface area contributed by atoms with E-state index in [9.17, 15) is 13.7 Å². The fraction of sp³-hybridized carbons (Fsp3) is 0.647. The number of carbonyl (C=O) groups is 1. The Bertz CT molecular complexity index is 641. The van der Waals surface area contributed by atoms with Crippen molar-refractivity contribution in [3.8, 4) is 0 Å². The maximum absolute atomic E-state index is 13.8. The summed E-state index contributed by atoms with van der Waals surface area (Å²) in [5.74, 6) is 0.361. The first kappa shape index (κ1) is 20.7. The molecule has 0 spiro atoms. The van der Waals surface area contributed by atoms with Crippen LogP contribution in [0.1, 0.15) is 45.7 Å². The van der Waals surface area contributed by atoms with Crippen LogP contribution in [0.4, 0.5) is 15.0 Å². The summed E-state index contributed by atoms with van der Waals surface area (Å²) < 4.78 is 33.7. The van der Waals surface area contributed by atoms with Gasteiger partial charge in [0.25, 0.3) is 0 Å². The number of primary amides is 1. The predicted octanol–water partition coefficient (Wildman–Crippen LogP) is 2.26. The highest BCUT2D eigenvalue weighted by molar-refractivity contribution is 7.90. The normalized spacial score (nSPS) is 20.1. The van der Waals surface area contributed by atoms with Crippen LogP contribution in [0.15, 0.2) is 12.3 Å². The molecule has 1 aliphatic heterocycles. The summed E-state index contributed by atoms with van der Waals surface area (Å²) in [5.41, 5.74) is 5.66. The number of aromatic nitrogens is 1. The number of hydrogen-bond donors (Lipinski definition) is 2. The van der Waals surface area contributed by atoms with Gasteiger partial charge in [0.05, 0.1) is 18.8 Å². The number of halogens is 1. The molecule has 1 aliphatic rings. The van der Waals surface area contributed by atoms with E-state index in [-0.39, 0.29) is 18.6 Å². The molecular formula is C17H27FN4O3S. The number of nitrogens with one attached hydrogen (secondary N) is 1. The van der Waals surface area contributed by atoms with Crippen LogP contribution in [0.25, 0.3) is 0 Å². The summed E-state index contributed by atoms with van der Waals surface area (Å²) in [6.07, 6.45) is 1.22. The Morgan fingerprint density at radius 3 is 2.92 bits per heavy atom. The minimum atomic E-state index is -1.29. The molecule has 3 unspecified atom stereocenters. The second-order valence-corrected chi connectivity index (χ2v) is 9.52. The number of anilines is 1. The van der Waals surface area contributed by atoms with Crippen LogP contribution in [0, 0.1) is 11.7 Å². The van der Waals surface area contributed by atoms with Gasteiger partial charge in [0.1, 0.15) is 16.4 Å². The van der Waals surface area contributed by atoms with Crippen molar-refractivity contribution in [2.24, 2.45) is 11.7 Å². The molecule has 0 bridgehead atoms. The largest absolute Gasteiger partial charge is 0.598 e. The van der Waals surface area contributed by atoms with Crippen molar-refractivity contribution in [3.63, 3.8) is 0 Å². The molecule has 1 amide bonds. The third kappa shape index (κ3) is 5.46. The van der Waals surface area contributed by atoms with Crippen molar-refractivity contribution in [1.29, 1.82) is 0 Å². The average molecular weight is 386 g/mol. The van der Waals surface area contributed by atoms with Crippen LogP contribution in [-0.2, 0) is 16.1 Å². The van der Waals surface area contributed by atoms with E-state index >= 15 is 0 Å². The minimum absolute atomic E-state index is 0.147. The smallest absolute Gasteiger partial charge is 0.404 e. The van der Waals surface area contributed by atoms with Gasteiger partial charge in [-0.25, -0.2) is 14.2 Å². The standard InChI is InChI=1S/C17H27FN4O3S/c1-11(21-26(24)17(2,3)4)14-7-13(18)8-20-15(14)22-6-5-12(9-22)10-25-16(19)23/h7-8,11-12,21H,5-6,9-10H2,1-4H3,(H2,19,23). The lowest BCUT2D eigenvalue weighted by molar-refractivity contribution is 0.140. The van der Waals surface area contributed by atoms with Gasteiger partial charge >= 0.3 is 6.09 Å². The zero-order valence-corrected chi connectivity index (χ0v) is 16.4. The Morgan fingerprint density at radius 2 is 2.31 bits per heavy atom. The third-order valence-electron chi connectivity index (χ3n) is 4.21. The van der Waals surface area contributed by atoms with E-state index in [0.717, 1.165) is 6.42 Å². The van der Waals surface area contributed by atoms with Crippen molar-refractivity contribution in [2.75, 3.05) is 24.6 Å². The van der Waals surface area contributed by atoms with E-state index in [4.69, 9.17) is 10.5 Å². The number of pyridine rings is 1. The molecule has 0 saturated carbocycles. The number of hydrogen-bond acceptors (Lipinski definition) is 6. The summed E-state index contributed by atoms with van der Waals surface area (Å²) in [6.45, 7) is 9.06. The number of nitrogens with zero attached hydrogens (tertiary/aromatic N) is 2. The highest BCUT2D eigenvalue weighted by Gasteiger charge is 2.31. The number of carbonyl (C=O) groups excluding carboxylic acids is 1. The zero-order valence-electron chi connectivity index (χ0n) is 15.6. The van der Waals surface area contributed by atoms with Crippen LogP contribution in [0.3, 0.4) is 0 Å². The quantitative estimate of drug-likeness (QED) is 0.727. The van der Waals surface area contributed by atoms with Gasteiger partial charge in [-0.1, -0.05) is 0 Å². The highest BCUT2D eigenvalue weighted by atomic mass is 32.2. The molecule has 1 saturated heterocycles. The summed E-state index contributed by atoms with van der Waals surface area (Å²) >= 11 is -1.29. The van der Waals surface area contributed by atoms with Crippen molar-refractivity contribution in [1.82, 2.24) is 9.71 Å². The topological polar surface area (TPSA) is 104 Å². The summed E-state index contributed by atoms with van der Waals surface area (Å²) in [6, 6.07) is 1.08. The molecule has 2 rings (SSSR count). The van der Waals surface area contributed by atoms with Crippen molar-refractivity contribution >= 4 is 23.3 Å². The number of amides is 1.